The monoisotopic (exact) mass is 180 g/mol. The van der Waals surface area contributed by atoms with E-state index in [1.165, 1.54) is 0 Å². The minimum absolute atomic E-state index is 0. The Hall–Kier alpha value is 0.716. The van der Waals surface area contributed by atoms with Crippen LogP contribution in [0.25, 0.3) is 0 Å². The van der Waals surface area contributed by atoms with Crippen molar-refractivity contribution in [3.8, 4) is 0 Å². The summed E-state index contributed by atoms with van der Waals surface area (Å²) in [6.45, 7) is 2.77. The third-order valence-corrected chi connectivity index (χ3v) is 0.154. The van der Waals surface area contributed by atoms with Crippen LogP contribution in [0.1, 0.15) is 0 Å². The predicted octanol–water partition coefficient (Wildman–Crippen LogP) is -1.78. The first-order valence-corrected chi connectivity index (χ1v) is 1.07. The molecular formula is C3H3BrF2Mg. The summed E-state index contributed by atoms with van der Waals surface area (Å²) in [6.07, 6.45) is -1.23. The Morgan fingerprint density at radius 2 is 1.57 bits per heavy atom. The van der Waals surface area contributed by atoms with Crippen LogP contribution in [0.3, 0.4) is 0 Å². The Morgan fingerprint density at radius 1 is 1.43 bits per heavy atom. The van der Waals surface area contributed by atoms with Gasteiger partial charge in [-0.05, 0) is 0 Å². The molecule has 0 saturated carbocycles. The molecule has 0 atom stereocenters. The summed E-state index contributed by atoms with van der Waals surface area (Å²) in [5, 5.41) is 0. The van der Waals surface area contributed by atoms with Crippen molar-refractivity contribution < 1.29 is 25.8 Å². The molecule has 0 aliphatic carbocycles. The third-order valence-electron chi connectivity index (χ3n) is 0.154. The van der Waals surface area contributed by atoms with E-state index in [2.05, 4.69) is 6.58 Å². The molecular weight excluding hydrogens is 178 g/mol. The number of hydrogen-bond acceptors (Lipinski definition) is 0. The van der Waals surface area contributed by atoms with E-state index in [-0.39, 0.29) is 40.0 Å². The summed E-state index contributed by atoms with van der Waals surface area (Å²) in [5.74, 6) is 0. The Kier molecular flexibility index (Phi) is 22.1. The maximum absolute atomic E-state index is 10.6. The van der Waals surface area contributed by atoms with Crippen LogP contribution < -0.4 is 17.0 Å². The molecule has 0 fully saturated rings. The van der Waals surface area contributed by atoms with Crippen molar-refractivity contribution in [2.45, 2.75) is 0 Å². The van der Waals surface area contributed by atoms with Gasteiger partial charge in [0.2, 0.25) is 0 Å². The Morgan fingerprint density at radius 3 is 1.57 bits per heavy atom. The molecule has 0 heterocycles. The van der Waals surface area contributed by atoms with Gasteiger partial charge in [0, 0.05) is 0 Å². The van der Waals surface area contributed by atoms with Crippen LogP contribution in [0.15, 0.2) is 12.7 Å². The summed E-state index contributed by atoms with van der Waals surface area (Å²) in [4.78, 5) is 0. The molecule has 0 N–H and O–H groups in total. The summed E-state index contributed by atoms with van der Waals surface area (Å²) in [6, 6.07) is 0. The van der Waals surface area contributed by atoms with Gasteiger partial charge in [-0.15, -0.1) is 0 Å². The van der Waals surface area contributed by atoms with Gasteiger partial charge in [-0.2, -0.15) is 6.08 Å². The zero-order valence-corrected chi connectivity index (χ0v) is 6.63. The predicted molar refractivity (Wildman–Crippen MR) is 21.4 cm³/mol. The van der Waals surface area contributed by atoms with Gasteiger partial charge in [0.1, 0.15) is 6.43 Å². The van der Waals surface area contributed by atoms with Gasteiger partial charge in [-0.1, -0.05) is 0 Å². The van der Waals surface area contributed by atoms with Crippen LogP contribution >= 0.6 is 0 Å². The van der Waals surface area contributed by atoms with Gasteiger partial charge in [-0.3, -0.25) is 8.78 Å². The molecule has 0 rings (SSSR count). The molecule has 0 aromatic carbocycles. The first kappa shape index (κ1) is 15.6. The van der Waals surface area contributed by atoms with E-state index in [0.717, 1.165) is 0 Å². The SMILES string of the molecule is C=C[C-](F)F.[Br-].[Mg+2]. The second-order valence-corrected chi connectivity index (χ2v) is 0.494. The first-order valence-electron chi connectivity index (χ1n) is 1.07. The second kappa shape index (κ2) is 9.87. The fourth-order valence-corrected chi connectivity index (χ4v) is 0. The summed E-state index contributed by atoms with van der Waals surface area (Å²) < 4.78 is 21.1. The van der Waals surface area contributed by atoms with E-state index in [1.807, 2.05) is 0 Å². The molecule has 7 heavy (non-hydrogen) atoms. The van der Waals surface area contributed by atoms with E-state index < -0.39 is 6.43 Å². The van der Waals surface area contributed by atoms with Gasteiger partial charge in [-0.25, -0.2) is 6.58 Å². The molecule has 0 spiro atoms. The van der Waals surface area contributed by atoms with Crippen molar-refractivity contribution >= 4 is 23.1 Å². The Labute approximate surface area is 67.9 Å². The number of halogens is 3. The zero-order valence-electron chi connectivity index (χ0n) is 3.63. The average molecular weight is 181 g/mol. The Bertz CT molecular complexity index is 39.9. The van der Waals surface area contributed by atoms with Crippen LogP contribution in [0.2, 0.25) is 0 Å². The van der Waals surface area contributed by atoms with Crippen LogP contribution in [0, 0.1) is 6.43 Å². The van der Waals surface area contributed by atoms with Crippen molar-refractivity contribution in [2.75, 3.05) is 0 Å². The van der Waals surface area contributed by atoms with Crippen LogP contribution in [0.5, 0.6) is 0 Å². The van der Waals surface area contributed by atoms with Crippen molar-refractivity contribution in [3.63, 3.8) is 0 Å². The molecule has 0 radical (unpaired) electrons. The first-order chi connectivity index (χ1) is 2.27. The zero-order chi connectivity index (χ0) is 4.28. The number of rotatable bonds is 1. The molecule has 0 unspecified atom stereocenters. The number of hydrogen-bond donors (Lipinski definition) is 0. The van der Waals surface area contributed by atoms with Gasteiger partial charge in [0.05, 0.1) is 0 Å². The minimum atomic E-state index is -1.73. The molecule has 0 aliphatic rings. The molecule has 0 aromatic heterocycles. The largest absolute Gasteiger partial charge is 2.00 e. The fraction of sp³-hybridized carbons (Fsp3) is 0. The van der Waals surface area contributed by atoms with Gasteiger partial charge >= 0.3 is 23.1 Å². The second-order valence-electron chi connectivity index (χ2n) is 0.494. The third kappa shape index (κ3) is 20.2. The molecule has 0 bridgehead atoms. The van der Waals surface area contributed by atoms with E-state index in [9.17, 15) is 8.78 Å². The van der Waals surface area contributed by atoms with Crippen molar-refractivity contribution in [2.24, 2.45) is 0 Å². The van der Waals surface area contributed by atoms with Crippen molar-refractivity contribution in [3.05, 3.63) is 19.1 Å². The van der Waals surface area contributed by atoms with Crippen LogP contribution in [0.4, 0.5) is 8.78 Å². The molecule has 0 aromatic rings. The Balaban J connectivity index is -0.0000000800. The van der Waals surface area contributed by atoms with E-state index >= 15 is 0 Å². The van der Waals surface area contributed by atoms with E-state index in [1.54, 1.807) is 0 Å². The van der Waals surface area contributed by atoms with Crippen molar-refractivity contribution in [1.82, 2.24) is 0 Å². The molecule has 0 saturated heterocycles. The number of allylic oxidation sites excluding steroid dienone is 1. The molecule has 38 valence electrons. The van der Waals surface area contributed by atoms with Crippen LogP contribution in [-0.2, 0) is 0 Å². The van der Waals surface area contributed by atoms with E-state index in [0.29, 0.717) is 6.08 Å². The summed E-state index contributed by atoms with van der Waals surface area (Å²) in [7, 11) is 0. The standard InChI is InChI=1S/C3H3F2.BrH.Mg/c1-2-3(4)5;;/h2H,1H2;1H;/q-1;;+2/p-1. The molecule has 4 heteroatoms. The van der Waals surface area contributed by atoms with Gasteiger partial charge in [0.25, 0.3) is 0 Å². The molecule has 0 amide bonds. The average Bonchev–Trinajstić information content (AvgIpc) is 1.38. The quantitative estimate of drug-likeness (QED) is 0.331. The minimum Gasteiger partial charge on any atom is -1.00 e. The van der Waals surface area contributed by atoms with E-state index in [4.69, 9.17) is 0 Å². The summed E-state index contributed by atoms with van der Waals surface area (Å²) in [5.41, 5.74) is 0. The van der Waals surface area contributed by atoms with Crippen molar-refractivity contribution in [1.29, 1.82) is 0 Å². The molecule has 0 aliphatic heterocycles. The summed E-state index contributed by atoms with van der Waals surface area (Å²) >= 11 is 0. The normalized spacial score (nSPS) is 4.86. The maximum atomic E-state index is 10.6. The van der Waals surface area contributed by atoms with Gasteiger partial charge < -0.3 is 17.0 Å². The fourth-order valence-electron chi connectivity index (χ4n) is 0. The molecule has 0 nitrogen and oxygen atoms in total. The topological polar surface area (TPSA) is 0 Å². The smallest absolute Gasteiger partial charge is 1.00 e. The van der Waals surface area contributed by atoms with Crippen LogP contribution in [-0.4, -0.2) is 23.1 Å². The maximum Gasteiger partial charge on any atom is 2.00 e. The van der Waals surface area contributed by atoms with Gasteiger partial charge in [0.15, 0.2) is 0 Å².